The molecular formula is C7H7LiO3. The summed E-state index contributed by atoms with van der Waals surface area (Å²) in [6, 6.07) is 5.81. The van der Waals surface area contributed by atoms with Crippen LogP contribution in [0.2, 0.25) is 0 Å². The Morgan fingerprint density at radius 2 is 1.82 bits per heavy atom. The molecule has 0 fully saturated rings. The maximum absolute atomic E-state index is 10.3. The molecule has 0 aliphatic heterocycles. The molecule has 0 aliphatic carbocycles. The van der Waals surface area contributed by atoms with Gasteiger partial charge in [-0.25, -0.2) is 4.79 Å². The topological polar surface area (TPSA) is 57.5 Å². The van der Waals surface area contributed by atoms with Gasteiger partial charge in [0.05, 0.1) is 0 Å². The molecule has 0 unspecified atom stereocenters. The summed E-state index contributed by atoms with van der Waals surface area (Å²) in [6.07, 6.45) is 0. The second-order valence-electron chi connectivity index (χ2n) is 1.82. The maximum atomic E-state index is 10.3. The molecule has 0 spiro atoms. The molecule has 4 heteroatoms. The third-order valence-electron chi connectivity index (χ3n) is 1.13. The van der Waals surface area contributed by atoms with Gasteiger partial charge in [0.2, 0.25) is 0 Å². The molecule has 0 saturated heterocycles. The molecule has 11 heavy (non-hydrogen) atoms. The van der Waals surface area contributed by atoms with Crippen molar-refractivity contribution in [3.05, 3.63) is 29.8 Å². The summed E-state index contributed by atoms with van der Waals surface area (Å²) in [6.45, 7) is 0. The van der Waals surface area contributed by atoms with E-state index in [0.29, 0.717) is 0 Å². The molecule has 0 atom stereocenters. The van der Waals surface area contributed by atoms with Crippen molar-refractivity contribution in [3.8, 4) is 5.75 Å². The van der Waals surface area contributed by atoms with E-state index in [1.54, 1.807) is 12.1 Å². The van der Waals surface area contributed by atoms with Gasteiger partial charge in [-0.2, -0.15) is 0 Å². The van der Waals surface area contributed by atoms with Crippen molar-refractivity contribution >= 4 is 24.8 Å². The number of carbonyl (C=O) groups is 1. The van der Waals surface area contributed by atoms with E-state index in [1.165, 1.54) is 12.1 Å². The van der Waals surface area contributed by atoms with E-state index in [-0.39, 0.29) is 30.2 Å². The first kappa shape index (κ1) is 10.1. The fourth-order valence-electron chi connectivity index (χ4n) is 0.654. The van der Waals surface area contributed by atoms with E-state index in [2.05, 4.69) is 0 Å². The first-order valence-corrected chi connectivity index (χ1v) is 2.73. The van der Waals surface area contributed by atoms with Gasteiger partial charge in [0.1, 0.15) is 11.3 Å². The molecule has 0 aliphatic rings. The number of carboxylic acid groups (broad SMARTS) is 1. The molecule has 0 saturated carbocycles. The van der Waals surface area contributed by atoms with Gasteiger partial charge in [-0.15, -0.1) is 0 Å². The van der Waals surface area contributed by atoms with Gasteiger partial charge in [-0.05, 0) is 12.1 Å². The molecule has 1 aromatic rings. The Hall–Kier alpha value is -0.913. The quantitative estimate of drug-likeness (QED) is 0.565. The zero-order valence-corrected chi connectivity index (χ0v) is 5.11. The van der Waals surface area contributed by atoms with Gasteiger partial charge in [0.15, 0.2) is 0 Å². The summed E-state index contributed by atoms with van der Waals surface area (Å²) in [5, 5.41) is 17.3. The van der Waals surface area contributed by atoms with Gasteiger partial charge in [0.25, 0.3) is 0 Å². The van der Waals surface area contributed by atoms with Crippen LogP contribution in [0.1, 0.15) is 10.4 Å². The fourth-order valence-corrected chi connectivity index (χ4v) is 0.654. The van der Waals surface area contributed by atoms with Crippen LogP contribution in [0.25, 0.3) is 0 Å². The average Bonchev–Trinajstić information content (AvgIpc) is 1.88. The molecule has 3 nitrogen and oxygen atoms in total. The Labute approximate surface area is 75.8 Å². The van der Waals surface area contributed by atoms with Crippen LogP contribution in [0.5, 0.6) is 5.75 Å². The number of aromatic carboxylic acids is 1. The first-order chi connectivity index (χ1) is 4.72. The summed E-state index contributed by atoms with van der Waals surface area (Å²) in [5.74, 6) is -1.31. The van der Waals surface area contributed by atoms with Crippen LogP contribution in [0.3, 0.4) is 0 Å². The number of carboxylic acids is 1. The van der Waals surface area contributed by atoms with E-state index >= 15 is 0 Å². The third kappa shape index (κ3) is 2.30. The van der Waals surface area contributed by atoms with Crippen LogP contribution in [0, 0.1) is 0 Å². The fraction of sp³-hybridized carbons (Fsp3) is 0. The first-order valence-electron chi connectivity index (χ1n) is 2.73. The number of aromatic hydroxyl groups is 1. The van der Waals surface area contributed by atoms with Gasteiger partial charge < -0.3 is 10.2 Å². The molecule has 0 bridgehead atoms. The number of hydrogen-bond acceptors (Lipinski definition) is 2. The van der Waals surface area contributed by atoms with Crippen LogP contribution in [-0.2, 0) is 0 Å². The van der Waals surface area contributed by atoms with Crippen molar-refractivity contribution < 1.29 is 15.0 Å². The van der Waals surface area contributed by atoms with Crippen molar-refractivity contribution in [1.29, 1.82) is 0 Å². The zero-order chi connectivity index (χ0) is 7.56. The predicted molar refractivity (Wildman–Crippen MR) is 42.2 cm³/mol. The zero-order valence-electron chi connectivity index (χ0n) is 5.11. The van der Waals surface area contributed by atoms with Crippen molar-refractivity contribution in [3.63, 3.8) is 0 Å². The van der Waals surface area contributed by atoms with Crippen molar-refractivity contribution in [2.24, 2.45) is 0 Å². The number of benzene rings is 1. The van der Waals surface area contributed by atoms with Crippen LogP contribution in [0.15, 0.2) is 24.3 Å². The van der Waals surface area contributed by atoms with Gasteiger partial charge in [0, 0.05) is 0 Å². The van der Waals surface area contributed by atoms with Crippen LogP contribution >= 0.6 is 0 Å². The van der Waals surface area contributed by atoms with Crippen LogP contribution in [-0.4, -0.2) is 35.0 Å². The summed E-state index contributed by atoms with van der Waals surface area (Å²) in [7, 11) is 0. The molecule has 1 rings (SSSR count). The van der Waals surface area contributed by atoms with Crippen molar-refractivity contribution in [1.82, 2.24) is 0 Å². The molecule has 0 radical (unpaired) electrons. The molecule has 54 valence electrons. The summed E-state index contributed by atoms with van der Waals surface area (Å²) in [4.78, 5) is 10.3. The van der Waals surface area contributed by atoms with E-state index in [0.717, 1.165) is 0 Å². The second kappa shape index (κ2) is 4.07. The normalized spacial score (nSPS) is 8.36. The van der Waals surface area contributed by atoms with E-state index in [4.69, 9.17) is 10.2 Å². The average molecular weight is 146 g/mol. The number of phenols is 1. The minimum absolute atomic E-state index is 0. The Morgan fingerprint density at radius 3 is 2.18 bits per heavy atom. The number of hydrogen-bond donors (Lipinski definition) is 2. The third-order valence-corrected chi connectivity index (χ3v) is 1.13. The second-order valence-corrected chi connectivity index (χ2v) is 1.82. The van der Waals surface area contributed by atoms with E-state index in [9.17, 15) is 4.79 Å². The molecule has 0 aromatic heterocycles. The summed E-state index contributed by atoms with van der Waals surface area (Å²) in [5.41, 5.74) is -0.0671. The Kier molecular flexibility index (Phi) is 3.73. The van der Waals surface area contributed by atoms with Crippen molar-refractivity contribution in [2.45, 2.75) is 0 Å². The van der Waals surface area contributed by atoms with Gasteiger partial charge in [-0.1, -0.05) is 12.1 Å². The number of para-hydroxylation sites is 1. The van der Waals surface area contributed by atoms with Gasteiger partial charge >= 0.3 is 24.8 Å². The SMILES string of the molecule is O=C(O)c1ccccc1O.[LiH]. The van der Waals surface area contributed by atoms with Crippen LogP contribution < -0.4 is 0 Å². The molecule has 0 heterocycles. The monoisotopic (exact) mass is 146 g/mol. The molecule has 2 N–H and O–H groups in total. The number of rotatable bonds is 1. The van der Waals surface area contributed by atoms with Crippen LogP contribution in [0.4, 0.5) is 0 Å². The molecular weight excluding hydrogens is 139 g/mol. The standard InChI is InChI=1S/C7H6O3.Li.H/c8-6-4-2-1-3-5(6)7(9)10;;/h1-4,8H,(H,9,10);;. The van der Waals surface area contributed by atoms with Gasteiger partial charge in [-0.3, -0.25) is 0 Å². The predicted octanol–water partition coefficient (Wildman–Crippen LogP) is 0.442. The summed E-state index contributed by atoms with van der Waals surface area (Å²) >= 11 is 0. The molecule has 0 amide bonds. The minimum atomic E-state index is -1.11. The Morgan fingerprint density at radius 1 is 1.27 bits per heavy atom. The Balaban J connectivity index is 0.000001000. The Bertz CT molecular complexity index is 260. The van der Waals surface area contributed by atoms with E-state index < -0.39 is 5.97 Å². The molecule has 1 aromatic carbocycles. The summed E-state index contributed by atoms with van der Waals surface area (Å²) < 4.78 is 0. The van der Waals surface area contributed by atoms with Crippen molar-refractivity contribution in [2.75, 3.05) is 0 Å². The van der Waals surface area contributed by atoms with E-state index in [1.807, 2.05) is 0 Å².